The minimum atomic E-state index is 0.206. The Hall–Kier alpha value is -2.60. The Morgan fingerprint density at radius 1 is 0.963 bits per heavy atom. The first-order valence-corrected chi connectivity index (χ1v) is 9.43. The highest BCUT2D eigenvalue weighted by molar-refractivity contribution is 5.51. The number of aromatic hydroxyl groups is 1. The molecule has 27 heavy (non-hydrogen) atoms. The Balaban J connectivity index is 1.53. The van der Waals surface area contributed by atoms with Crippen LogP contribution < -0.4 is 18.9 Å². The summed E-state index contributed by atoms with van der Waals surface area (Å²) in [5, 5.41) is 10.3. The summed E-state index contributed by atoms with van der Waals surface area (Å²) in [6, 6.07) is 7.71. The molecule has 0 spiro atoms. The summed E-state index contributed by atoms with van der Waals surface area (Å²) in [6.45, 7) is 7.76. The van der Waals surface area contributed by atoms with Gasteiger partial charge in [-0.25, -0.2) is 0 Å². The standard InChI is InChI=1S/C21H25NO5/c1-3-24-18-7-14-5-6-22(11-15(14)8-19(18)25-4-2)12-16-9-20-21(10-17(16)23)27-13-26-20/h7-10,23H,3-6,11-13H2,1-2H3. The molecular weight excluding hydrogens is 346 g/mol. The largest absolute Gasteiger partial charge is 0.507 e. The van der Waals surface area contributed by atoms with Crippen LogP contribution in [0.25, 0.3) is 0 Å². The van der Waals surface area contributed by atoms with Gasteiger partial charge in [0, 0.05) is 31.3 Å². The highest BCUT2D eigenvalue weighted by atomic mass is 16.7. The minimum Gasteiger partial charge on any atom is -0.507 e. The van der Waals surface area contributed by atoms with E-state index in [0.29, 0.717) is 31.3 Å². The Kier molecular flexibility index (Phi) is 4.99. The molecule has 2 aliphatic heterocycles. The van der Waals surface area contributed by atoms with Gasteiger partial charge in [0.25, 0.3) is 0 Å². The monoisotopic (exact) mass is 371 g/mol. The maximum atomic E-state index is 10.3. The summed E-state index contributed by atoms with van der Waals surface area (Å²) in [4.78, 5) is 2.32. The van der Waals surface area contributed by atoms with Crippen molar-refractivity contribution < 1.29 is 24.1 Å². The van der Waals surface area contributed by atoms with Gasteiger partial charge in [0.2, 0.25) is 6.79 Å². The van der Waals surface area contributed by atoms with Gasteiger partial charge >= 0.3 is 0 Å². The van der Waals surface area contributed by atoms with Crippen molar-refractivity contribution >= 4 is 0 Å². The summed E-state index contributed by atoms with van der Waals surface area (Å²) in [7, 11) is 0. The van der Waals surface area contributed by atoms with E-state index in [-0.39, 0.29) is 12.5 Å². The zero-order valence-electron chi connectivity index (χ0n) is 15.8. The molecule has 0 aromatic heterocycles. The van der Waals surface area contributed by atoms with Crippen LogP contribution in [0.1, 0.15) is 30.5 Å². The number of ether oxygens (including phenoxy) is 4. The first kappa shape index (κ1) is 17.8. The molecule has 0 amide bonds. The lowest BCUT2D eigenvalue weighted by Crippen LogP contribution is -2.30. The van der Waals surface area contributed by atoms with E-state index in [1.165, 1.54) is 11.1 Å². The van der Waals surface area contributed by atoms with Gasteiger partial charge in [-0.3, -0.25) is 4.90 Å². The highest BCUT2D eigenvalue weighted by Gasteiger charge is 2.22. The second kappa shape index (κ2) is 7.56. The zero-order valence-corrected chi connectivity index (χ0v) is 15.8. The van der Waals surface area contributed by atoms with Crippen molar-refractivity contribution in [2.75, 3.05) is 26.6 Å². The van der Waals surface area contributed by atoms with Crippen LogP contribution in [0, 0.1) is 0 Å². The van der Waals surface area contributed by atoms with E-state index in [1.54, 1.807) is 6.07 Å². The van der Waals surface area contributed by atoms with Crippen LogP contribution in [0.4, 0.5) is 0 Å². The molecule has 0 atom stereocenters. The molecular formula is C21H25NO5. The molecule has 0 radical (unpaired) electrons. The predicted octanol–water partition coefficient (Wildman–Crippen LogP) is 3.48. The number of benzene rings is 2. The highest BCUT2D eigenvalue weighted by Crippen LogP contribution is 2.39. The van der Waals surface area contributed by atoms with E-state index in [0.717, 1.165) is 36.6 Å². The molecule has 0 fully saturated rings. The summed E-state index contributed by atoms with van der Waals surface area (Å²) in [6.07, 6.45) is 0.938. The van der Waals surface area contributed by atoms with Crippen molar-refractivity contribution in [3.63, 3.8) is 0 Å². The summed E-state index contributed by atoms with van der Waals surface area (Å²) >= 11 is 0. The maximum absolute atomic E-state index is 10.3. The number of nitrogens with zero attached hydrogens (tertiary/aromatic N) is 1. The Morgan fingerprint density at radius 3 is 2.33 bits per heavy atom. The normalized spacial score (nSPS) is 15.5. The lowest BCUT2D eigenvalue weighted by Gasteiger charge is -2.30. The van der Waals surface area contributed by atoms with Crippen molar-refractivity contribution in [1.29, 1.82) is 0 Å². The van der Waals surface area contributed by atoms with E-state index in [2.05, 4.69) is 17.0 Å². The molecule has 6 heteroatoms. The number of fused-ring (bicyclic) bond motifs is 2. The average Bonchev–Trinajstić information content (AvgIpc) is 3.10. The Labute approximate surface area is 159 Å². The number of hydrogen-bond donors (Lipinski definition) is 1. The van der Waals surface area contributed by atoms with E-state index in [4.69, 9.17) is 18.9 Å². The Morgan fingerprint density at radius 2 is 1.63 bits per heavy atom. The summed E-state index contributed by atoms with van der Waals surface area (Å²) < 4.78 is 22.3. The number of phenols is 1. The van der Waals surface area contributed by atoms with Crippen molar-refractivity contribution in [2.24, 2.45) is 0 Å². The molecule has 6 nitrogen and oxygen atoms in total. The second-order valence-corrected chi connectivity index (χ2v) is 6.73. The van der Waals surface area contributed by atoms with Crippen molar-refractivity contribution in [3.8, 4) is 28.7 Å². The molecule has 1 N–H and O–H groups in total. The van der Waals surface area contributed by atoms with E-state index < -0.39 is 0 Å². The molecule has 0 bridgehead atoms. The van der Waals surface area contributed by atoms with Gasteiger partial charge in [0.1, 0.15) is 5.75 Å². The van der Waals surface area contributed by atoms with Gasteiger partial charge in [-0.2, -0.15) is 0 Å². The number of rotatable bonds is 6. The molecule has 2 heterocycles. The van der Waals surface area contributed by atoms with Gasteiger partial charge in [0.15, 0.2) is 23.0 Å². The van der Waals surface area contributed by atoms with Crippen LogP contribution in [-0.4, -0.2) is 36.6 Å². The van der Waals surface area contributed by atoms with Gasteiger partial charge in [-0.1, -0.05) is 0 Å². The van der Waals surface area contributed by atoms with Gasteiger partial charge < -0.3 is 24.1 Å². The van der Waals surface area contributed by atoms with Crippen LogP contribution in [0.2, 0.25) is 0 Å². The SMILES string of the molecule is CCOc1cc2c(cc1OCC)CN(Cc1cc3c(cc1O)OCO3)CC2. The Bertz CT molecular complexity index is 836. The lowest BCUT2D eigenvalue weighted by molar-refractivity contribution is 0.173. The molecule has 0 saturated carbocycles. The minimum absolute atomic E-state index is 0.206. The lowest BCUT2D eigenvalue weighted by atomic mass is 9.98. The van der Waals surface area contributed by atoms with Crippen molar-refractivity contribution in [3.05, 3.63) is 41.0 Å². The van der Waals surface area contributed by atoms with E-state index >= 15 is 0 Å². The van der Waals surface area contributed by atoms with Crippen molar-refractivity contribution in [1.82, 2.24) is 4.90 Å². The third kappa shape index (κ3) is 3.62. The van der Waals surface area contributed by atoms with Crippen LogP contribution in [0.5, 0.6) is 28.7 Å². The summed E-state index contributed by atoms with van der Waals surface area (Å²) in [5.41, 5.74) is 3.39. The predicted molar refractivity (Wildman–Crippen MR) is 101 cm³/mol. The van der Waals surface area contributed by atoms with Crippen molar-refractivity contribution in [2.45, 2.75) is 33.4 Å². The topological polar surface area (TPSA) is 60.4 Å². The van der Waals surface area contributed by atoms with E-state index in [9.17, 15) is 5.11 Å². The van der Waals surface area contributed by atoms with Crippen LogP contribution >= 0.6 is 0 Å². The molecule has 2 aromatic rings. The number of hydrogen-bond acceptors (Lipinski definition) is 6. The average molecular weight is 371 g/mol. The summed E-state index contributed by atoms with van der Waals surface area (Å²) in [5.74, 6) is 3.16. The number of phenolic OH excluding ortho intramolecular Hbond substituents is 1. The molecule has 0 unspecified atom stereocenters. The maximum Gasteiger partial charge on any atom is 0.231 e. The van der Waals surface area contributed by atoms with E-state index in [1.807, 2.05) is 19.9 Å². The van der Waals surface area contributed by atoms with Gasteiger partial charge in [-0.05, 0) is 49.6 Å². The fourth-order valence-electron chi connectivity index (χ4n) is 3.64. The molecule has 144 valence electrons. The molecule has 0 aliphatic carbocycles. The third-order valence-corrected chi connectivity index (χ3v) is 4.92. The second-order valence-electron chi connectivity index (χ2n) is 6.73. The van der Waals surface area contributed by atoms with Crippen LogP contribution in [-0.2, 0) is 19.5 Å². The van der Waals surface area contributed by atoms with Crippen LogP contribution in [0.3, 0.4) is 0 Å². The molecule has 2 aromatic carbocycles. The fraction of sp³-hybridized carbons (Fsp3) is 0.429. The fourth-order valence-corrected chi connectivity index (χ4v) is 3.64. The quantitative estimate of drug-likeness (QED) is 0.839. The first-order chi connectivity index (χ1) is 13.2. The smallest absolute Gasteiger partial charge is 0.231 e. The molecule has 2 aliphatic rings. The molecule has 0 saturated heterocycles. The first-order valence-electron chi connectivity index (χ1n) is 9.43. The van der Waals surface area contributed by atoms with Gasteiger partial charge in [-0.15, -0.1) is 0 Å². The zero-order chi connectivity index (χ0) is 18.8. The van der Waals surface area contributed by atoms with Gasteiger partial charge in [0.05, 0.1) is 13.2 Å². The van der Waals surface area contributed by atoms with Crippen LogP contribution in [0.15, 0.2) is 24.3 Å². The third-order valence-electron chi connectivity index (χ3n) is 4.92. The molecule has 4 rings (SSSR count).